The van der Waals surface area contributed by atoms with E-state index in [4.69, 9.17) is 15.9 Å². The van der Waals surface area contributed by atoms with Gasteiger partial charge in [-0.05, 0) is 24.1 Å². The fourth-order valence-electron chi connectivity index (χ4n) is 1.95. The number of benzene rings is 1. The van der Waals surface area contributed by atoms with E-state index in [0.717, 1.165) is 30.5 Å². The molecule has 0 bridgehead atoms. The smallest absolute Gasteiger partial charge is 0.328 e. The Kier molecular flexibility index (Phi) is 6.90. The number of carbonyl (C=O) groups is 2. The molecule has 2 rings (SSSR count). The summed E-state index contributed by atoms with van der Waals surface area (Å²) in [5.74, 6) is -2.51. The van der Waals surface area contributed by atoms with Crippen molar-refractivity contribution >= 4 is 33.6 Å². The number of rotatable bonds is 4. The molecule has 0 unspecified atom stereocenters. The van der Waals surface area contributed by atoms with Gasteiger partial charge in [0.1, 0.15) is 0 Å². The van der Waals surface area contributed by atoms with Crippen molar-refractivity contribution in [2.75, 3.05) is 24.5 Å². The highest BCUT2D eigenvalue weighted by Crippen LogP contribution is 2.30. The number of fused-ring (bicyclic) bond motifs is 1. The second kappa shape index (κ2) is 8.43. The minimum Gasteiger partial charge on any atom is -0.478 e. The normalized spacial score (nSPS) is 12.8. The minimum absolute atomic E-state index is 0.558. The summed E-state index contributed by atoms with van der Waals surface area (Å²) in [5, 5.41) is 15.6. The first-order chi connectivity index (χ1) is 9.93. The quantitative estimate of drug-likeness (QED) is 0.706. The second-order valence-corrected chi connectivity index (χ2v) is 5.22. The molecule has 0 saturated heterocycles. The van der Waals surface area contributed by atoms with Gasteiger partial charge in [-0.1, -0.05) is 22.0 Å². The maximum Gasteiger partial charge on any atom is 0.328 e. The molecule has 0 fully saturated rings. The van der Waals surface area contributed by atoms with Gasteiger partial charge in [-0.3, -0.25) is 0 Å². The van der Waals surface area contributed by atoms with Crippen molar-refractivity contribution in [3.05, 3.63) is 40.4 Å². The first kappa shape index (κ1) is 17.2. The van der Waals surface area contributed by atoms with Gasteiger partial charge in [0.25, 0.3) is 0 Å². The Balaban J connectivity index is 0.000000240. The number of aliphatic carboxylic acids is 2. The van der Waals surface area contributed by atoms with Gasteiger partial charge in [0.15, 0.2) is 0 Å². The Bertz CT molecular complexity index is 528. The van der Waals surface area contributed by atoms with Crippen LogP contribution in [-0.4, -0.2) is 41.8 Å². The molecule has 0 radical (unpaired) electrons. The van der Waals surface area contributed by atoms with Gasteiger partial charge in [-0.25, -0.2) is 9.59 Å². The van der Waals surface area contributed by atoms with E-state index in [9.17, 15) is 9.59 Å². The fraction of sp³-hybridized carbons (Fsp3) is 0.286. The Labute approximate surface area is 131 Å². The molecule has 6 nitrogen and oxygen atoms in total. The number of halogens is 1. The summed E-state index contributed by atoms with van der Waals surface area (Å²) in [7, 11) is 0. The predicted octanol–water partition coefficient (Wildman–Crippen LogP) is 1.48. The van der Waals surface area contributed by atoms with Crippen LogP contribution in [0.5, 0.6) is 0 Å². The summed E-state index contributed by atoms with van der Waals surface area (Å²) < 4.78 is 1.15. The highest BCUT2D eigenvalue weighted by molar-refractivity contribution is 9.10. The molecule has 1 aromatic rings. The number of carboxylic acids is 2. The second-order valence-electron chi connectivity index (χ2n) is 4.31. The third-order valence-corrected chi connectivity index (χ3v) is 3.30. The van der Waals surface area contributed by atoms with Crippen molar-refractivity contribution < 1.29 is 19.8 Å². The highest BCUT2D eigenvalue weighted by Gasteiger charge is 2.17. The largest absolute Gasteiger partial charge is 0.478 e. The number of carboxylic acid groups (broad SMARTS) is 2. The van der Waals surface area contributed by atoms with Crippen LogP contribution in [0.25, 0.3) is 0 Å². The third kappa shape index (κ3) is 5.97. The van der Waals surface area contributed by atoms with Crippen molar-refractivity contribution in [3.8, 4) is 0 Å². The number of nitrogens with two attached hydrogens (primary N) is 1. The maximum absolute atomic E-state index is 9.55. The number of hydrogen-bond acceptors (Lipinski definition) is 4. The summed E-state index contributed by atoms with van der Waals surface area (Å²) in [6.07, 6.45) is 2.27. The lowest BCUT2D eigenvalue weighted by Gasteiger charge is -2.18. The van der Waals surface area contributed by atoms with E-state index in [-0.39, 0.29) is 0 Å². The molecule has 114 valence electrons. The Hall–Kier alpha value is -1.86. The summed E-state index contributed by atoms with van der Waals surface area (Å²) in [6, 6.07) is 6.47. The van der Waals surface area contributed by atoms with Crippen LogP contribution in [0.3, 0.4) is 0 Å². The molecule has 0 saturated carbocycles. The van der Waals surface area contributed by atoms with E-state index in [2.05, 4.69) is 39.0 Å². The van der Waals surface area contributed by atoms with E-state index < -0.39 is 11.9 Å². The zero-order valence-corrected chi connectivity index (χ0v) is 12.9. The van der Waals surface area contributed by atoms with Crippen LogP contribution in [0.2, 0.25) is 0 Å². The summed E-state index contributed by atoms with van der Waals surface area (Å²) in [4.78, 5) is 21.5. The van der Waals surface area contributed by atoms with Gasteiger partial charge < -0.3 is 20.8 Å². The zero-order chi connectivity index (χ0) is 15.8. The SMILES string of the molecule is NCCN1CCc2ccc(Br)cc21.O=C(O)/C=C/C(=O)O. The molecule has 1 heterocycles. The van der Waals surface area contributed by atoms with E-state index in [1.807, 2.05) is 0 Å². The topological polar surface area (TPSA) is 104 Å². The first-order valence-corrected chi connectivity index (χ1v) is 7.10. The van der Waals surface area contributed by atoms with Crippen LogP contribution < -0.4 is 10.6 Å². The average Bonchev–Trinajstić information content (AvgIpc) is 2.80. The number of anilines is 1. The molecule has 0 aliphatic carbocycles. The van der Waals surface area contributed by atoms with Gasteiger partial charge in [0.05, 0.1) is 0 Å². The molecule has 0 atom stereocenters. The maximum atomic E-state index is 9.55. The van der Waals surface area contributed by atoms with Gasteiger partial charge >= 0.3 is 11.9 Å². The van der Waals surface area contributed by atoms with Crippen LogP contribution in [0.4, 0.5) is 5.69 Å². The molecule has 4 N–H and O–H groups in total. The number of nitrogens with zero attached hydrogens (tertiary/aromatic N) is 1. The average molecular weight is 357 g/mol. The molecular formula is C14H17BrN2O4. The molecule has 1 aliphatic heterocycles. The van der Waals surface area contributed by atoms with Crippen molar-refractivity contribution in [3.63, 3.8) is 0 Å². The van der Waals surface area contributed by atoms with Gasteiger partial charge in [0, 0.05) is 41.9 Å². The van der Waals surface area contributed by atoms with E-state index in [1.165, 1.54) is 11.3 Å². The Morgan fingerprint density at radius 3 is 2.43 bits per heavy atom. The van der Waals surface area contributed by atoms with Crippen molar-refractivity contribution in [2.45, 2.75) is 6.42 Å². The lowest BCUT2D eigenvalue weighted by atomic mass is 10.2. The van der Waals surface area contributed by atoms with Crippen LogP contribution in [-0.2, 0) is 16.0 Å². The lowest BCUT2D eigenvalue weighted by Crippen LogP contribution is -2.27. The van der Waals surface area contributed by atoms with Crippen molar-refractivity contribution in [1.29, 1.82) is 0 Å². The van der Waals surface area contributed by atoms with E-state index in [0.29, 0.717) is 12.2 Å². The third-order valence-electron chi connectivity index (χ3n) is 2.81. The molecule has 0 amide bonds. The zero-order valence-electron chi connectivity index (χ0n) is 11.3. The van der Waals surface area contributed by atoms with Gasteiger partial charge in [-0.15, -0.1) is 0 Å². The first-order valence-electron chi connectivity index (χ1n) is 6.31. The summed E-state index contributed by atoms with van der Waals surface area (Å²) in [6.45, 7) is 2.80. The number of hydrogen-bond donors (Lipinski definition) is 3. The van der Waals surface area contributed by atoms with Gasteiger partial charge in [0.2, 0.25) is 0 Å². The van der Waals surface area contributed by atoms with Crippen molar-refractivity contribution in [2.24, 2.45) is 5.73 Å². The molecule has 1 aromatic carbocycles. The molecule has 21 heavy (non-hydrogen) atoms. The highest BCUT2D eigenvalue weighted by atomic mass is 79.9. The van der Waals surface area contributed by atoms with Crippen molar-refractivity contribution in [1.82, 2.24) is 0 Å². The van der Waals surface area contributed by atoms with E-state index in [1.54, 1.807) is 0 Å². The molecule has 1 aliphatic rings. The van der Waals surface area contributed by atoms with Crippen LogP contribution >= 0.6 is 15.9 Å². The van der Waals surface area contributed by atoms with Gasteiger partial charge in [-0.2, -0.15) is 0 Å². The fourth-order valence-corrected chi connectivity index (χ4v) is 2.30. The Morgan fingerprint density at radius 2 is 1.90 bits per heavy atom. The Morgan fingerprint density at radius 1 is 1.29 bits per heavy atom. The standard InChI is InChI=1S/C10H13BrN2.C4H4O4/c11-9-2-1-8-3-5-13(6-4-12)10(8)7-9;5-3(6)1-2-4(7)8/h1-2,7H,3-6,12H2;1-2H,(H,5,6)(H,7,8)/b;2-1+. The predicted molar refractivity (Wildman–Crippen MR) is 83.5 cm³/mol. The van der Waals surface area contributed by atoms with E-state index >= 15 is 0 Å². The molecule has 0 aromatic heterocycles. The summed E-state index contributed by atoms with van der Waals surface area (Å²) >= 11 is 3.49. The minimum atomic E-state index is -1.26. The molecule has 7 heteroatoms. The monoisotopic (exact) mass is 356 g/mol. The lowest BCUT2D eigenvalue weighted by molar-refractivity contribution is -0.134. The van der Waals surface area contributed by atoms with Crippen LogP contribution in [0.15, 0.2) is 34.8 Å². The van der Waals surface area contributed by atoms with Crippen LogP contribution in [0, 0.1) is 0 Å². The summed E-state index contributed by atoms with van der Waals surface area (Å²) in [5.41, 5.74) is 8.34. The molecule has 0 spiro atoms. The molecular weight excluding hydrogens is 340 g/mol. The van der Waals surface area contributed by atoms with Crippen LogP contribution in [0.1, 0.15) is 5.56 Å².